The molecule has 1 aromatic carbocycles. The molecule has 0 bridgehead atoms. The van der Waals surface area contributed by atoms with E-state index in [2.05, 4.69) is 51.0 Å². The Labute approximate surface area is 143 Å². The van der Waals surface area contributed by atoms with Crippen molar-refractivity contribution in [3.63, 3.8) is 0 Å². The number of rotatable bonds is 8. The van der Waals surface area contributed by atoms with E-state index in [-0.39, 0.29) is 18.4 Å². The van der Waals surface area contributed by atoms with Crippen LogP contribution in [0.2, 0.25) is 0 Å². The Hall–Kier alpha value is -0.590. The van der Waals surface area contributed by atoms with E-state index >= 15 is 0 Å². The van der Waals surface area contributed by atoms with Gasteiger partial charge in [0.15, 0.2) is 0 Å². The molecule has 6 heteroatoms. The zero-order chi connectivity index (χ0) is 16.0. The van der Waals surface area contributed by atoms with Crippen molar-refractivity contribution in [2.75, 3.05) is 13.2 Å². The highest BCUT2D eigenvalue weighted by Crippen LogP contribution is 2.35. The van der Waals surface area contributed by atoms with Gasteiger partial charge in [-0.3, -0.25) is 4.79 Å². The summed E-state index contributed by atoms with van der Waals surface area (Å²) in [5.74, 6) is 0.624. The second-order valence-electron chi connectivity index (χ2n) is 5.53. The summed E-state index contributed by atoms with van der Waals surface area (Å²) in [6.45, 7) is 8.13. The first-order chi connectivity index (χ1) is 9.81. The summed E-state index contributed by atoms with van der Waals surface area (Å²) in [7, 11) is 0. The first kappa shape index (κ1) is 18.5. The molecule has 0 spiro atoms. The molecular formula is C15H22Br2N2O2. The summed E-state index contributed by atoms with van der Waals surface area (Å²) in [5, 5.41) is 3.40. The third-order valence-electron chi connectivity index (χ3n) is 2.90. The minimum Gasteiger partial charge on any atom is -0.490 e. The number of nitrogens with one attached hydrogen (secondary N) is 1. The minimum absolute atomic E-state index is 0.261. The van der Waals surface area contributed by atoms with E-state index in [1.54, 1.807) is 6.92 Å². The van der Waals surface area contributed by atoms with Crippen LogP contribution in [0.15, 0.2) is 21.1 Å². The first-order valence-corrected chi connectivity index (χ1v) is 8.50. The van der Waals surface area contributed by atoms with Gasteiger partial charge >= 0.3 is 0 Å². The molecule has 118 valence electrons. The van der Waals surface area contributed by atoms with Crippen molar-refractivity contribution >= 4 is 37.8 Å². The number of hydrogen-bond donors (Lipinski definition) is 2. The number of benzene rings is 1. The van der Waals surface area contributed by atoms with Gasteiger partial charge < -0.3 is 15.8 Å². The third-order valence-corrected chi connectivity index (χ3v) is 4.08. The van der Waals surface area contributed by atoms with Crippen LogP contribution in [0.25, 0.3) is 0 Å². The number of ether oxygens (including phenoxy) is 1. The van der Waals surface area contributed by atoms with Crippen molar-refractivity contribution in [3.8, 4) is 5.75 Å². The minimum atomic E-state index is -0.364. The van der Waals surface area contributed by atoms with Crippen molar-refractivity contribution < 1.29 is 9.53 Å². The summed E-state index contributed by atoms with van der Waals surface area (Å²) in [4.78, 5) is 11.0. The highest BCUT2D eigenvalue weighted by Gasteiger charge is 2.13. The van der Waals surface area contributed by atoms with Crippen LogP contribution in [0.1, 0.15) is 26.3 Å². The first-order valence-electron chi connectivity index (χ1n) is 6.92. The molecule has 0 radical (unpaired) electrons. The molecular weight excluding hydrogens is 400 g/mol. The van der Waals surface area contributed by atoms with Crippen LogP contribution in [0.4, 0.5) is 0 Å². The Kier molecular flexibility index (Phi) is 7.70. The van der Waals surface area contributed by atoms with E-state index in [4.69, 9.17) is 10.5 Å². The fraction of sp³-hybridized carbons (Fsp3) is 0.533. The monoisotopic (exact) mass is 420 g/mol. The maximum absolute atomic E-state index is 11.0. The molecule has 0 aliphatic heterocycles. The van der Waals surface area contributed by atoms with Crippen LogP contribution in [-0.4, -0.2) is 19.1 Å². The van der Waals surface area contributed by atoms with Gasteiger partial charge in [-0.25, -0.2) is 0 Å². The van der Waals surface area contributed by atoms with Gasteiger partial charge in [0.25, 0.3) is 0 Å². The van der Waals surface area contributed by atoms with E-state index in [0.29, 0.717) is 11.7 Å². The number of carbonyl (C=O) groups excluding carboxylic acids is 1. The molecule has 0 saturated heterocycles. The summed E-state index contributed by atoms with van der Waals surface area (Å²) >= 11 is 7.01. The Balaban J connectivity index is 2.69. The molecule has 21 heavy (non-hydrogen) atoms. The smallest absolute Gasteiger partial charge is 0.223 e. The van der Waals surface area contributed by atoms with Gasteiger partial charge in [0.1, 0.15) is 5.75 Å². The molecule has 0 aromatic heterocycles. The molecule has 0 aliphatic carbocycles. The lowest BCUT2D eigenvalue weighted by molar-refractivity contribution is -0.122. The molecule has 1 atom stereocenters. The lowest BCUT2D eigenvalue weighted by atomic mass is 10.2. The maximum Gasteiger partial charge on any atom is 0.223 e. The fourth-order valence-electron chi connectivity index (χ4n) is 1.65. The number of carbonyl (C=O) groups is 1. The SMILES string of the molecule is CC(C)CNCc1cc(Br)c(OCC(C)C(N)=O)c(Br)c1. The van der Waals surface area contributed by atoms with E-state index in [1.165, 1.54) is 0 Å². The van der Waals surface area contributed by atoms with E-state index in [1.807, 2.05) is 12.1 Å². The molecule has 0 fully saturated rings. The van der Waals surface area contributed by atoms with Crippen molar-refractivity contribution in [2.45, 2.75) is 27.3 Å². The standard InChI is InChI=1S/C15H22Br2N2O2/c1-9(2)6-19-7-11-4-12(16)14(13(17)5-11)21-8-10(3)15(18)20/h4-5,9-10,19H,6-8H2,1-3H3,(H2,18,20). The van der Waals surface area contributed by atoms with E-state index < -0.39 is 0 Å². The molecule has 1 rings (SSSR count). The third kappa shape index (κ3) is 6.36. The zero-order valence-corrected chi connectivity index (χ0v) is 15.8. The Morgan fingerprint density at radius 2 is 1.86 bits per heavy atom. The number of halogens is 2. The van der Waals surface area contributed by atoms with Crippen molar-refractivity contribution in [3.05, 3.63) is 26.6 Å². The molecule has 0 aliphatic rings. The summed E-state index contributed by atoms with van der Waals surface area (Å²) < 4.78 is 7.39. The molecule has 3 N–H and O–H groups in total. The van der Waals surface area contributed by atoms with Gasteiger partial charge in [-0.05, 0) is 62.0 Å². The quantitative estimate of drug-likeness (QED) is 0.675. The van der Waals surface area contributed by atoms with Crippen LogP contribution in [0, 0.1) is 11.8 Å². The van der Waals surface area contributed by atoms with Gasteiger partial charge in [0.2, 0.25) is 5.91 Å². The predicted octanol–water partition coefficient (Wildman–Crippen LogP) is 3.46. The summed E-state index contributed by atoms with van der Waals surface area (Å²) in [6, 6.07) is 4.03. The second kappa shape index (κ2) is 8.76. The van der Waals surface area contributed by atoms with Gasteiger partial charge in [-0.2, -0.15) is 0 Å². The van der Waals surface area contributed by atoms with Crippen LogP contribution < -0.4 is 15.8 Å². The Morgan fingerprint density at radius 3 is 2.33 bits per heavy atom. The van der Waals surface area contributed by atoms with Crippen LogP contribution in [0.3, 0.4) is 0 Å². The normalized spacial score (nSPS) is 12.5. The predicted molar refractivity (Wildman–Crippen MR) is 92.2 cm³/mol. The number of nitrogens with two attached hydrogens (primary N) is 1. The average Bonchev–Trinajstić information content (AvgIpc) is 2.36. The lowest BCUT2D eigenvalue weighted by Crippen LogP contribution is -2.26. The van der Waals surface area contributed by atoms with Crippen LogP contribution in [0.5, 0.6) is 5.75 Å². The number of primary amides is 1. The molecule has 4 nitrogen and oxygen atoms in total. The summed E-state index contributed by atoms with van der Waals surface area (Å²) in [5.41, 5.74) is 6.39. The largest absolute Gasteiger partial charge is 0.490 e. The highest BCUT2D eigenvalue weighted by atomic mass is 79.9. The average molecular weight is 422 g/mol. The molecule has 1 aromatic rings. The topological polar surface area (TPSA) is 64.3 Å². The van der Waals surface area contributed by atoms with Gasteiger partial charge in [0.05, 0.1) is 21.5 Å². The van der Waals surface area contributed by atoms with E-state index in [0.717, 1.165) is 27.6 Å². The number of hydrogen-bond acceptors (Lipinski definition) is 3. The fourth-order valence-corrected chi connectivity index (χ4v) is 3.16. The van der Waals surface area contributed by atoms with Gasteiger partial charge in [-0.1, -0.05) is 20.8 Å². The van der Waals surface area contributed by atoms with Crippen LogP contribution in [-0.2, 0) is 11.3 Å². The van der Waals surface area contributed by atoms with Crippen molar-refractivity contribution in [1.82, 2.24) is 5.32 Å². The Morgan fingerprint density at radius 1 is 1.29 bits per heavy atom. The zero-order valence-electron chi connectivity index (χ0n) is 12.6. The molecule has 1 amide bonds. The Bertz CT molecular complexity index is 470. The van der Waals surface area contributed by atoms with Crippen LogP contribution >= 0.6 is 31.9 Å². The highest BCUT2D eigenvalue weighted by molar-refractivity contribution is 9.11. The van der Waals surface area contributed by atoms with Crippen molar-refractivity contribution in [1.29, 1.82) is 0 Å². The van der Waals surface area contributed by atoms with E-state index in [9.17, 15) is 4.79 Å². The lowest BCUT2D eigenvalue weighted by Gasteiger charge is -2.15. The van der Waals surface area contributed by atoms with Gasteiger partial charge in [-0.15, -0.1) is 0 Å². The second-order valence-corrected chi connectivity index (χ2v) is 7.24. The maximum atomic E-state index is 11.0. The summed E-state index contributed by atoms with van der Waals surface area (Å²) in [6.07, 6.45) is 0. The molecule has 0 saturated carbocycles. The van der Waals surface area contributed by atoms with Gasteiger partial charge in [0, 0.05) is 6.54 Å². The molecule has 1 unspecified atom stereocenters. The number of amides is 1. The van der Waals surface area contributed by atoms with Crippen molar-refractivity contribution in [2.24, 2.45) is 17.6 Å². The molecule has 0 heterocycles.